The fourth-order valence-corrected chi connectivity index (χ4v) is 4.58. The quantitative estimate of drug-likeness (QED) is 0.736. The Hall–Kier alpha value is -2.54. The fraction of sp³-hybridized carbons (Fsp3) is 0.400. The van der Waals surface area contributed by atoms with Gasteiger partial charge in [0.25, 0.3) is 5.56 Å². The number of nitrogens with zero attached hydrogens (tertiary/aromatic N) is 3. The van der Waals surface area contributed by atoms with Crippen LogP contribution in [0.15, 0.2) is 35.4 Å². The lowest BCUT2D eigenvalue weighted by Gasteiger charge is -2.12. The molecule has 3 aromatic rings. The van der Waals surface area contributed by atoms with Crippen LogP contribution in [-0.2, 0) is 24.2 Å². The number of benzene rings is 1. The van der Waals surface area contributed by atoms with Crippen LogP contribution in [-0.4, -0.2) is 20.4 Å². The van der Waals surface area contributed by atoms with Crippen LogP contribution in [0.4, 0.5) is 0 Å². The summed E-state index contributed by atoms with van der Waals surface area (Å²) in [5.74, 6) is -0.0873. The summed E-state index contributed by atoms with van der Waals surface area (Å²) >= 11 is 1.71. The number of amides is 1. The first-order valence-electron chi connectivity index (χ1n) is 9.34. The fourth-order valence-electron chi connectivity index (χ4n) is 3.42. The molecule has 0 spiro atoms. The first kappa shape index (κ1) is 17.9. The molecule has 2 aromatic heterocycles. The molecule has 0 saturated heterocycles. The highest BCUT2D eigenvalue weighted by molar-refractivity contribution is 7.11. The highest BCUT2D eigenvalue weighted by Gasteiger charge is 2.19. The van der Waals surface area contributed by atoms with E-state index >= 15 is 0 Å². The van der Waals surface area contributed by atoms with E-state index in [1.165, 1.54) is 34.3 Å². The molecule has 1 aliphatic rings. The molecule has 0 unspecified atom stereocenters. The van der Waals surface area contributed by atoms with E-state index in [0.29, 0.717) is 17.4 Å². The first-order chi connectivity index (χ1) is 13.1. The number of para-hydroxylation sites is 1. The van der Waals surface area contributed by atoms with Gasteiger partial charge in [-0.3, -0.25) is 14.2 Å². The van der Waals surface area contributed by atoms with Gasteiger partial charge in [-0.15, -0.1) is 11.3 Å². The lowest BCUT2D eigenvalue weighted by Crippen LogP contribution is -2.29. The summed E-state index contributed by atoms with van der Waals surface area (Å²) < 4.78 is 1.49. The van der Waals surface area contributed by atoms with Crippen molar-refractivity contribution in [1.82, 2.24) is 19.9 Å². The summed E-state index contributed by atoms with van der Waals surface area (Å²) in [4.78, 5) is 35.2. The molecule has 4 rings (SSSR count). The summed E-state index contributed by atoms with van der Waals surface area (Å²) in [5.41, 5.74) is 1.76. The average Bonchev–Trinajstić information content (AvgIpc) is 3.12. The van der Waals surface area contributed by atoms with E-state index in [2.05, 4.69) is 10.3 Å². The van der Waals surface area contributed by atoms with Crippen molar-refractivity contribution in [1.29, 1.82) is 0 Å². The molecule has 1 N–H and O–H groups in total. The SMILES string of the molecule is C[C@@H](NC(=O)CCn1cnc2ccccc2c1=O)c1nc2c(s1)CCCC2. The van der Waals surface area contributed by atoms with Crippen LogP contribution in [0.3, 0.4) is 0 Å². The molecule has 2 heterocycles. The number of aromatic nitrogens is 3. The van der Waals surface area contributed by atoms with Crippen LogP contribution in [0, 0.1) is 0 Å². The Morgan fingerprint density at radius 1 is 1.30 bits per heavy atom. The minimum atomic E-state index is -0.117. The topological polar surface area (TPSA) is 76.9 Å². The van der Waals surface area contributed by atoms with Gasteiger partial charge >= 0.3 is 0 Å². The molecule has 0 saturated carbocycles. The normalized spacial score (nSPS) is 14.7. The number of hydrogen-bond acceptors (Lipinski definition) is 5. The van der Waals surface area contributed by atoms with E-state index in [0.717, 1.165) is 17.8 Å². The molecule has 1 amide bonds. The summed E-state index contributed by atoms with van der Waals surface area (Å²) in [7, 11) is 0. The minimum absolute atomic E-state index is 0.0873. The standard InChI is InChI=1S/C20H22N4O2S/c1-13(19-23-16-8-4-5-9-17(16)27-19)22-18(25)10-11-24-12-21-15-7-3-2-6-14(15)20(24)26/h2-3,6-7,12-13H,4-5,8-11H2,1H3,(H,22,25)/t13-/m1/s1. The molecule has 1 aliphatic carbocycles. The van der Waals surface area contributed by atoms with E-state index in [1.54, 1.807) is 17.4 Å². The number of carbonyl (C=O) groups is 1. The lowest BCUT2D eigenvalue weighted by molar-refractivity contribution is -0.121. The summed E-state index contributed by atoms with van der Waals surface area (Å²) in [6, 6.07) is 7.12. The van der Waals surface area contributed by atoms with Crippen LogP contribution < -0.4 is 10.9 Å². The molecular formula is C20H22N4O2S. The molecule has 27 heavy (non-hydrogen) atoms. The molecule has 140 valence electrons. The van der Waals surface area contributed by atoms with Gasteiger partial charge in [-0.25, -0.2) is 9.97 Å². The molecule has 1 aromatic carbocycles. The average molecular weight is 382 g/mol. The van der Waals surface area contributed by atoms with Gasteiger partial charge in [0, 0.05) is 17.8 Å². The molecule has 0 radical (unpaired) electrons. The highest BCUT2D eigenvalue weighted by Crippen LogP contribution is 2.29. The van der Waals surface area contributed by atoms with E-state index in [4.69, 9.17) is 4.98 Å². The molecule has 0 aliphatic heterocycles. The molecule has 1 atom stereocenters. The maximum atomic E-state index is 12.5. The third-order valence-corrected chi connectivity index (χ3v) is 6.26. The van der Waals surface area contributed by atoms with Gasteiger partial charge in [-0.1, -0.05) is 12.1 Å². The molecule has 7 heteroatoms. The summed E-state index contributed by atoms with van der Waals surface area (Å²) in [6.07, 6.45) is 6.32. The molecule has 6 nitrogen and oxygen atoms in total. The van der Waals surface area contributed by atoms with Gasteiger partial charge in [0.05, 0.1) is 29.0 Å². The number of fused-ring (bicyclic) bond motifs is 2. The van der Waals surface area contributed by atoms with Crippen molar-refractivity contribution in [3.63, 3.8) is 0 Å². The smallest absolute Gasteiger partial charge is 0.261 e. The summed E-state index contributed by atoms with van der Waals surface area (Å²) in [5, 5.41) is 4.55. The molecule has 0 bridgehead atoms. The zero-order valence-corrected chi connectivity index (χ0v) is 16.1. The minimum Gasteiger partial charge on any atom is -0.347 e. The van der Waals surface area contributed by atoms with Crippen molar-refractivity contribution >= 4 is 28.1 Å². The third kappa shape index (κ3) is 3.78. The van der Waals surface area contributed by atoms with Crippen molar-refractivity contribution in [2.75, 3.05) is 0 Å². The van der Waals surface area contributed by atoms with Crippen molar-refractivity contribution in [2.24, 2.45) is 0 Å². The Kier molecular flexibility index (Phi) is 5.03. The van der Waals surface area contributed by atoms with Crippen LogP contribution in [0.1, 0.15) is 47.8 Å². The van der Waals surface area contributed by atoms with Crippen LogP contribution in [0.5, 0.6) is 0 Å². The van der Waals surface area contributed by atoms with Gasteiger partial charge in [-0.2, -0.15) is 0 Å². The van der Waals surface area contributed by atoms with Crippen molar-refractivity contribution in [3.05, 3.63) is 56.5 Å². The van der Waals surface area contributed by atoms with Crippen LogP contribution >= 0.6 is 11.3 Å². The zero-order valence-electron chi connectivity index (χ0n) is 15.3. The number of thiazole rings is 1. The Morgan fingerprint density at radius 3 is 2.96 bits per heavy atom. The highest BCUT2D eigenvalue weighted by atomic mass is 32.1. The lowest BCUT2D eigenvalue weighted by atomic mass is 10.0. The Balaban J connectivity index is 1.39. The largest absolute Gasteiger partial charge is 0.347 e. The van der Waals surface area contributed by atoms with Gasteiger partial charge in [0.2, 0.25) is 5.91 Å². The Morgan fingerprint density at radius 2 is 2.11 bits per heavy atom. The van der Waals surface area contributed by atoms with E-state index in [-0.39, 0.29) is 23.9 Å². The summed E-state index contributed by atoms with van der Waals surface area (Å²) in [6.45, 7) is 2.27. The third-order valence-electron chi connectivity index (χ3n) is 4.92. The van der Waals surface area contributed by atoms with Crippen molar-refractivity contribution < 1.29 is 4.79 Å². The van der Waals surface area contributed by atoms with Crippen molar-refractivity contribution in [2.45, 2.75) is 51.6 Å². The molecular weight excluding hydrogens is 360 g/mol. The Labute approximate surface area is 161 Å². The van der Waals surface area contributed by atoms with E-state index in [9.17, 15) is 9.59 Å². The zero-order chi connectivity index (χ0) is 18.8. The molecule has 0 fully saturated rings. The maximum absolute atomic E-state index is 12.5. The predicted octanol–water partition coefficient (Wildman–Crippen LogP) is 3.00. The van der Waals surface area contributed by atoms with Crippen LogP contribution in [0.2, 0.25) is 0 Å². The van der Waals surface area contributed by atoms with E-state index < -0.39 is 0 Å². The van der Waals surface area contributed by atoms with E-state index in [1.807, 2.05) is 25.1 Å². The predicted molar refractivity (Wildman–Crippen MR) is 106 cm³/mol. The second-order valence-corrected chi connectivity index (χ2v) is 8.04. The first-order valence-corrected chi connectivity index (χ1v) is 10.2. The number of hydrogen-bond donors (Lipinski definition) is 1. The van der Waals surface area contributed by atoms with Gasteiger partial charge in [0.15, 0.2) is 0 Å². The number of carbonyl (C=O) groups excluding carboxylic acids is 1. The maximum Gasteiger partial charge on any atom is 0.261 e. The Bertz CT molecular complexity index is 1020. The van der Waals surface area contributed by atoms with Crippen LogP contribution in [0.25, 0.3) is 10.9 Å². The van der Waals surface area contributed by atoms with Crippen molar-refractivity contribution in [3.8, 4) is 0 Å². The number of aryl methyl sites for hydroxylation is 3. The second-order valence-electron chi connectivity index (χ2n) is 6.93. The van der Waals surface area contributed by atoms with Gasteiger partial charge < -0.3 is 5.32 Å². The second kappa shape index (κ2) is 7.60. The monoisotopic (exact) mass is 382 g/mol. The van der Waals surface area contributed by atoms with Gasteiger partial charge in [-0.05, 0) is 44.7 Å². The van der Waals surface area contributed by atoms with Gasteiger partial charge in [0.1, 0.15) is 5.01 Å². The number of rotatable bonds is 5. The number of nitrogens with one attached hydrogen (secondary N) is 1.